The lowest BCUT2D eigenvalue weighted by atomic mass is 10.2. The van der Waals surface area contributed by atoms with Crippen LogP contribution in [0.3, 0.4) is 0 Å². The number of hydrogen-bond acceptors (Lipinski definition) is 2. The van der Waals surface area contributed by atoms with Crippen molar-refractivity contribution in [1.82, 2.24) is 9.36 Å². The van der Waals surface area contributed by atoms with Crippen LogP contribution < -0.4 is 5.56 Å². The first kappa shape index (κ1) is 10.8. The summed E-state index contributed by atoms with van der Waals surface area (Å²) in [5, 5.41) is 10.1. The van der Waals surface area contributed by atoms with Crippen LogP contribution in [0.4, 0.5) is 0 Å². The van der Waals surface area contributed by atoms with Crippen molar-refractivity contribution in [3.05, 3.63) is 28.6 Å². The molecule has 0 radical (unpaired) electrons. The van der Waals surface area contributed by atoms with Crippen LogP contribution in [0.2, 0.25) is 0 Å². The van der Waals surface area contributed by atoms with E-state index < -0.39 is 0 Å². The summed E-state index contributed by atoms with van der Waals surface area (Å²) in [7, 11) is 1.84. The van der Waals surface area contributed by atoms with E-state index in [4.69, 9.17) is 0 Å². The largest absolute Gasteiger partial charge is 0.508 e. The molecule has 4 heteroatoms. The average Bonchev–Trinajstić information content (AvgIpc) is 2.43. The smallest absolute Gasteiger partial charge is 0.274 e. The van der Waals surface area contributed by atoms with Crippen LogP contribution in [0.5, 0.6) is 5.75 Å². The highest BCUT2D eigenvalue weighted by Crippen LogP contribution is 2.17. The minimum Gasteiger partial charge on any atom is -0.508 e. The van der Waals surface area contributed by atoms with Crippen LogP contribution in [-0.4, -0.2) is 14.5 Å². The number of hydrogen-bond donors (Lipinski definition) is 1. The monoisotopic (exact) mass is 220 g/mol. The van der Waals surface area contributed by atoms with E-state index >= 15 is 0 Å². The Morgan fingerprint density at radius 3 is 2.69 bits per heavy atom. The molecule has 86 valence electrons. The Morgan fingerprint density at radius 2 is 2.06 bits per heavy atom. The minimum absolute atomic E-state index is 0.00574. The normalized spacial score (nSPS) is 11.5. The molecule has 16 heavy (non-hydrogen) atoms. The second kappa shape index (κ2) is 3.70. The van der Waals surface area contributed by atoms with Gasteiger partial charge in [0, 0.05) is 19.7 Å². The SMILES string of the molecule is CC(C)Cn1c(=O)c2ccc(O)cc2n1C. The molecular formula is C12H16N2O2. The number of fused-ring (bicyclic) bond motifs is 1. The Hall–Kier alpha value is -1.71. The van der Waals surface area contributed by atoms with E-state index in [9.17, 15) is 9.90 Å². The first-order valence-electron chi connectivity index (χ1n) is 5.39. The van der Waals surface area contributed by atoms with Gasteiger partial charge in [-0.3, -0.25) is 9.48 Å². The van der Waals surface area contributed by atoms with Crippen LogP contribution in [-0.2, 0) is 13.6 Å². The molecule has 0 saturated heterocycles. The molecule has 0 aliphatic heterocycles. The van der Waals surface area contributed by atoms with Crippen molar-refractivity contribution in [2.45, 2.75) is 20.4 Å². The molecule has 0 aliphatic rings. The summed E-state index contributed by atoms with van der Waals surface area (Å²) < 4.78 is 3.51. The third kappa shape index (κ3) is 1.60. The van der Waals surface area contributed by atoms with Crippen LogP contribution >= 0.6 is 0 Å². The van der Waals surface area contributed by atoms with E-state index in [2.05, 4.69) is 13.8 Å². The summed E-state index contributed by atoms with van der Waals surface area (Å²) in [6.45, 7) is 4.83. The number of aryl methyl sites for hydroxylation is 1. The third-order valence-electron chi connectivity index (χ3n) is 2.70. The molecule has 1 aromatic carbocycles. The summed E-state index contributed by atoms with van der Waals surface area (Å²) in [5.74, 6) is 0.596. The third-order valence-corrected chi connectivity index (χ3v) is 2.70. The van der Waals surface area contributed by atoms with Gasteiger partial charge in [-0.25, -0.2) is 4.68 Å². The number of phenolic OH excluding ortho intramolecular Hbond substituents is 1. The van der Waals surface area contributed by atoms with Gasteiger partial charge in [-0.2, -0.15) is 0 Å². The van der Waals surface area contributed by atoms with E-state index in [0.717, 1.165) is 5.52 Å². The van der Waals surface area contributed by atoms with Crippen molar-refractivity contribution in [2.75, 3.05) is 0 Å². The molecule has 4 nitrogen and oxygen atoms in total. The topological polar surface area (TPSA) is 47.2 Å². The quantitative estimate of drug-likeness (QED) is 0.837. The molecule has 0 aliphatic carbocycles. The first-order valence-corrected chi connectivity index (χ1v) is 5.39. The number of phenols is 1. The fraction of sp³-hybridized carbons (Fsp3) is 0.417. The maximum Gasteiger partial charge on any atom is 0.274 e. The molecule has 0 amide bonds. The van der Waals surface area contributed by atoms with Gasteiger partial charge < -0.3 is 5.11 Å². The van der Waals surface area contributed by atoms with Gasteiger partial charge in [0.2, 0.25) is 0 Å². The molecule has 0 spiro atoms. The van der Waals surface area contributed by atoms with Crippen LogP contribution in [0.15, 0.2) is 23.0 Å². The second-order valence-corrected chi connectivity index (χ2v) is 4.51. The van der Waals surface area contributed by atoms with E-state index in [1.54, 1.807) is 27.6 Å². The first-order chi connectivity index (χ1) is 7.50. The van der Waals surface area contributed by atoms with Crippen molar-refractivity contribution in [1.29, 1.82) is 0 Å². The zero-order valence-corrected chi connectivity index (χ0v) is 9.77. The maximum absolute atomic E-state index is 12.1. The maximum atomic E-state index is 12.1. The molecule has 1 heterocycles. The Labute approximate surface area is 93.7 Å². The van der Waals surface area contributed by atoms with Crippen molar-refractivity contribution in [3.63, 3.8) is 0 Å². The van der Waals surface area contributed by atoms with Crippen molar-refractivity contribution in [3.8, 4) is 5.75 Å². The van der Waals surface area contributed by atoms with Gasteiger partial charge in [-0.1, -0.05) is 13.8 Å². The van der Waals surface area contributed by atoms with Gasteiger partial charge in [0.15, 0.2) is 0 Å². The molecule has 0 unspecified atom stereocenters. The standard InChI is InChI=1S/C12H16N2O2/c1-8(2)7-14-12(16)10-5-4-9(15)6-11(10)13(14)3/h4-6,8,15H,7H2,1-3H3. The summed E-state index contributed by atoms with van der Waals surface area (Å²) >= 11 is 0. The summed E-state index contributed by atoms with van der Waals surface area (Å²) in [4.78, 5) is 12.1. The summed E-state index contributed by atoms with van der Waals surface area (Å²) in [6, 6.07) is 4.83. The van der Waals surface area contributed by atoms with Gasteiger partial charge >= 0.3 is 0 Å². The van der Waals surface area contributed by atoms with Crippen molar-refractivity contribution < 1.29 is 5.11 Å². The van der Waals surface area contributed by atoms with Gasteiger partial charge in [-0.05, 0) is 18.1 Å². The van der Waals surface area contributed by atoms with E-state index in [1.165, 1.54) is 0 Å². The Balaban J connectivity index is 2.72. The number of nitrogens with zero attached hydrogens (tertiary/aromatic N) is 2. The molecule has 1 aromatic heterocycles. The van der Waals surface area contributed by atoms with Gasteiger partial charge in [0.1, 0.15) is 5.75 Å². The van der Waals surface area contributed by atoms with Crippen LogP contribution in [0.25, 0.3) is 10.9 Å². The predicted molar refractivity (Wildman–Crippen MR) is 63.7 cm³/mol. The Kier molecular flexibility index (Phi) is 2.50. The number of benzene rings is 1. The fourth-order valence-electron chi connectivity index (χ4n) is 1.93. The lowest BCUT2D eigenvalue weighted by molar-refractivity contribution is 0.424. The van der Waals surface area contributed by atoms with E-state index in [0.29, 0.717) is 17.8 Å². The van der Waals surface area contributed by atoms with Crippen molar-refractivity contribution in [2.24, 2.45) is 13.0 Å². The van der Waals surface area contributed by atoms with E-state index in [1.807, 2.05) is 7.05 Å². The van der Waals surface area contributed by atoms with Crippen molar-refractivity contribution >= 4 is 10.9 Å². The molecule has 0 saturated carbocycles. The van der Waals surface area contributed by atoms with E-state index in [-0.39, 0.29) is 11.3 Å². The highest BCUT2D eigenvalue weighted by molar-refractivity contribution is 5.80. The van der Waals surface area contributed by atoms with Gasteiger partial charge in [0.25, 0.3) is 5.56 Å². The predicted octanol–water partition coefficient (Wildman–Crippen LogP) is 1.70. The molecule has 2 rings (SSSR count). The Morgan fingerprint density at radius 1 is 1.38 bits per heavy atom. The molecular weight excluding hydrogens is 204 g/mol. The highest BCUT2D eigenvalue weighted by atomic mass is 16.3. The van der Waals surface area contributed by atoms with Crippen LogP contribution in [0.1, 0.15) is 13.8 Å². The summed E-state index contributed by atoms with van der Waals surface area (Å²) in [6.07, 6.45) is 0. The summed E-state index contributed by atoms with van der Waals surface area (Å²) in [5.41, 5.74) is 0.775. The molecule has 0 atom stereocenters. The highest BCUT2D eigenvalue weighted by Gasteiger charge is 2.11. The Bertz CT molecular complexity index is 578. The minimum atomic E-state index is 0.00574. The lowest BCUT2D eigenvalue weighted by Gasteiger charge is -2.09. The van der Waals surface area contributed by atoms with Crippen LogP contribution in [0, 0.1) is 5.92 Å². The average molecular weight is 220 g/mol. The fourth-order valence-corrected chi connectivity index (χ4v) is 1.93. The van der Waals surface area contributed by atoms with Gasteiger partial charge in [-0.15, -0.1) is 0 Å². The lowest BCUT2D eigenvalue weighted by Crippen LogP contribution is -2.23. The second-order valence-electron chi connectivity index (χ2n) is 4.51. The van der Waals surface area contributed by atoms with Gasteiger partial charge in [0.05, 0.1) is 10.9 Å². The number of rotatable bonds is 2. The molecule has 1 N–H and O–H groups in total. The number of aromatic hydroxyl groups is 1. The zero-order chi connectivity index (χ0) is 11.9. The number of aromatic nitrogens is 2. The molecule has 2 aromatic rings. The molecule has 0 bridgehead atoms. The zero-order valence-electron chi connectivity index (χ0n) is 9.77. The molecule has 0 fully saturated rings.